The summed E-state index contributed by atoms with van der Waals surface area (Å²) >= 11 is 1.56. The maximum absolute atomic E-state index is 5.64. The minimum Gasteiger partial charge on any atom is -0.497 e. The zero-order valence-corrected chi connectivity index (χ0v) is 18.9. The largest absolute Gasteiger partial charge is 0.497 e. The fourth-order valence-corrected chi connectivity index (χ4v) is 4.48. The van der Waals surface area contributed by atoms with Crippen LogP contribution in [0.3, 0.4) is 0 Å². The number of methoxy groups -OCH3 is 3. The molecule has 0 saturated heterocycles. The monoisotopic (exact) mass is 437 g/mol. The van der Waals surface area contributed by atoms with Gasteiger partial charge >= 0.3 is 0 Å². The summed E-state index contributed by atoms with van der Waals surface area (Å²) < 4.78 is 18.3. The predicted octanol–water partition coefficient (Wildman–Crippen LogP) is 5.64. The molecule has 0 aliphatic heterocycles. The lowest BCUT2D eigenvalue weighted by Gasteiger charge is -2.14. The number of hydrogen-bond acceptors (Lipinski definition) is 6. The molecule has 0 amide bonds. The van der Waals surface area contributed by atoms with Crippen LogP contribution >= 0.6 is 11.3 Å². The minimum atomic E-state index is 0.771. The summed E-state index contributed by atoms with van der Waals surface area (Å²) in [5, 5.41) is 7.12. The molecular formula is C24H27N3O3S. The Bertz CT molecular complexity index is 1120. The summed E-state index contributed by atoms with van der Waals surface area (Å²) in [6.45, 7) is 0. The van der Waals surface area contributed by atoms with Crippen molar-refractivity contribution in [1.82, 2.24) is 4.68 Å². The molecule has 0 unspecified atom stereocenters. The lowest BCUT2D eigenvalue weighted by molar-refractivity contribution is 0.404. The first-order valence-corrected chi connectivity index (χ1v) is 11.3. The second kappa shape index (κ2) is 9.83. The van der Waals surface area contributed by atoms with Gasteiger partial charge in [0.15, 0.2) is 0 Å². The van der Waals surface area contributed by atoms with E-state index in [1.165, 1.54) is 25.0 Å². The summed E-state index contributed by atoms with van der Waals surface area (Å²) in [5.74, 6) is 2.35. The third-order valence-corrected chi connectivity index (χ3v) is 6.15. The van der Waals surface area contributed by atoms with Gasteiger partial charge in [-0.25, -0.2) is 9.67 Å². The van der Waals surface area contributed by atoms with E-state index in [-0.39, 0.29) is 0 Å². The number of benzene rings is 2. The molecule has 2 aromatic carbocycles. The van der Waals surface area contributed by atoms with Gasteiger partial charge in [0.1, 0.15) is 17.2 Å². The highest BCUT2D eigenvalue weighted by Crippen LogP contribution is 2.34. The van der Waals surface area contributed by atoms with Crippen LogP contribution in [0, 0.1) is 0 Å². The first kappa shape index (κ1) is 21.2. The van der Waals surface area contributed by atoms with E-state index < -0.39 is 0 Å². The van der Waals surface area contributed by atoms with Gasteiger partial charge in [0.2, 0.25) is 4.80 Å². The van der Waals surface area contributed by atoms with Gasteiger partial charge in [-0.3, -0.25) is 0 Å². The van der Waals surface area contributed by atoms with Gasteiger partial charge in [0.05, 0.1) is 32.7 Å². The van der Waals surface area contributed by atoms with Crippen LogP contribution in [0.1, 0.15) is 32.1 Å². The molecule has 0 N–H and O–H groups in total. The Morgan fingerprint density at radius 3 is 2.23 bits per heavy atom. The fourth-order valence-electron chi connectivity index (χ4n) is 3.64. The van der Waals surface area contributed by atoms with E-state index in [2.05, 4.69) is 5.38 Å². The Morgan fingerprint density at radius 1 is 0.839 bits per heavy atom. The van der Waals surface area contributed by atoms with Crippen LogP contribution < -0.4 is 19.0 Å². The van der Waals surface area contributed by atoms with Gasteiger partial charge in [-0.1, -0.05) is 6.42 Å². The summed E-state index contributed by atoms with van der Waals surface area (Å²) in [6.07, 6.45) is 5.70. The van der Waals surface area contributed by atoms with E-state index in [0.717, 1.165) is 51.8 Å². The molecule has 6 nitrogen and oxygen atoms in total. The normalized spacial score (nSPS) is 14.4. The lowest BCUT2D eigenvalue weighted by Crippen LogP contribution is -2.16. The Balaban J connectivity index is 1.87. The quantitative estimate of drug-likeness (QED) is 0.501. The first-order valence-electron chi connectivity index (χ1n) is 10.4. The van der Waals surface area contributed by atoms with Gasteiger partial charge in [0, 0.05) is 16.7 Å². The molecule has 0 atom stereocenters. The van der Waals surface area contributed by atoms with Crippen molar-refractivity contribution in [2.45, 2.75) is 32.1 Å². The summed E-state index contributed by atoms with van der Waals surface area (Å²) in [6, 6.07) is 13.5. The number of hydrogen-bond donors (Lipinski definition) is 0. The summed E-state index contributed by atoms with van der Waals surface area (Å²) in [4.78, 5) is 5.68. The molecule has 1 fully saturated rings. The lowest BCUT2D eigenvalue weighted by atomic mass is 9.99. The highest BCUT2D eigenvalue weighted by Gasteiger charge is 2.16. The SMILES string of the molecule is COc1ccc(N=c2scc(-c3cc(OC)ccc3OC)n2N=C2CCCCC2)cc1. The third-order valence-electron chi connectivity index (χ3n) is 5.34. The fraction of sp³-hybridized carbons (Fsp3) is 0.333. The van der Waals surface area contributed by atoms with Gasteiger partial charge in [-0.2, -0.15) is 5.10 Å². The molecule has 1 heterocycles. The number of thiazole rings is 1. The van der Waals surface area contributed by atoms with Crippen molar-refractivity contribution in [2.24, 2.45) is 10.1 Å². The third kappa shape index (κ3) is 4.82. The Morgan fingerprint density at radius 2 is 1.55 bits per heavy atom. The predicted molar refractivity (Wildman–Crippen MR) is 125 cm³/mol. The Kier molecular flexibility index (Phi) is 6.72. The smallest absolute Gasteiger partial charge is 0.211 e. The van der Waals surface area contributed by atoms with Crippen LogP contribution in [0.15, 0.2) is 57.9 Å². The van der Waals surface area contributed by atoms with Gasteiger partial charge in [-0.15, -0.1) is 11.3 Å². The van der Waals surface area contributed by atoms with E-state index in [4.69, 9.17) is 24.3 Å². The van der Waals surface area contributed by atoms with Crippen LogP contribution in [0.5, 0.6) is 17.2 Å². The zero-order valence-electron chi connectivity index (χ0n) is 18.1. The molecule has 3 aromatic rings. The molecule has 1 saturated carbocycles. The second-order valence-electron chi connectivity index (χ2n) is 7.32. The molecule has 0 bridgehead atoms. The molecule has 0 radical (unpaired) electrons. The minimum absolute atomic E-state index is 0.771. The highest BCUT2D eigenvalue weighted by atomic mass is 32.1. The van der Waals surface area contributed by atoms with Crippen molar-refractivity contribution in [3.63, 3.8) is 0 Å². The van der Waals surface area contributed by atoms with Crippen molar-refractivity contribution >= 4 is 22.7 Å². The average molecular weight is 438 g/mol. The topological polar surface area (TPSA) is 57.3 Å². The first-order chi connectivity index (χ1) is 15.2. The molecule has 1 aliphatic rings. The maximum Gasteiger partial charge on any atom is 0.211 e. The van der Waals surface area contributed by atoms with E-state index in [0.29, 0.717) is 0 Å². The summed E-state index contributed by atoms with van der Waals surface area (Å²) in [5.41, 5.74) is 3.92. The number of ether oxygens (including phenoxy) is 3. The van der Waals surface area contributed by atoms with Crippen molar-refractivity contribution < 1.29 is 14.2 Å². The van der Waals surface area contributed by atoms with Gasteiger partial charge < -0.3 is 14.2 Å². The van der Waals surface area contributed by atoms with E-state index in [9.17, 15) is 0 Å². The van der Waals surface area contributed by atoms with Crippen molar-refractivity contribution in [3.8, 4) is 28.5 Å². The Labute approximate surface area is 186 Å². The van der Waals surface area contributed by atoms with Crippen LogP contribution in [-0.2, 0) is 0 Å². The summed E-state index contributed by atoms with van der Waals surface area (Å²) in [7, 11) is 5.01. The molecule has 1 aromatic heterocycles. The molecule has 4 rings (SSSR count). The molecule has 162 valence electrons. The molecule has 31 heavy (non-hydrogen) atoms. The van der Waals surface area contributed by atoms with Gasteiger partial charge in [0.25, 0.3) is 0 Å². The van der Waals surface area contributed by atoms with Crippen LogP contribution in [0.4, 0.5) is 5.69 Å². The van der Waals surface area contributed by atoms with Crippen molar-refractivity contribution in [2.75, 3.05) is 21.3 Å². The Hall–Kier alpha value is -3.06. The standard InChI is InChI=1S/C24H27N3O3S/c1-28-19-11-9-17(10-12-19)25-24-27(26-18-7-5-4-6-8-18)22(16-31-24)21-15-20(29-2)13-14-23(21)30-3/h9-16H,4-8H2,1-3H3. The second-order valence-corrected chi connectivity index (χ2v) is 8.15. The molecule has 7 heteroatoms. The number of rotatable bonds is 6. The number of nitrogens with zero attached hydrogens (tertiary/aromatic N) is 3. The molecule has 0 spiro atoms. The van der Waals surface area contributed by atoms with Crippen molar-refractivity contribution in [1.29, 1.82) is 0 Å². The van der Waals surface area contributed by atoms with E-state index in [1.54, 1.807) is 32.7 Å². The molecular weight excluding hydrogens is 410 g/mol. The van der Waals surface area contributed by atoms with Crippen LogP contribution in [0.25, 0.3) is 11.3 Å². The number of aromatic nitrogens is 1. The average Bonchev–Trinajstić information content (AvgIpc) is 3.21. The van der Waals surface area contributed by atoms with Gasteiger partial charge in [-0.05, 0) is 68.1 Å². The zero-order chi connectivity index (χ0) is 21.6. The highest BCUT2D eigenvalue weighted by molar-refractivity contribution is 7.07. The van der Waals surface area contributed by atoms with E-state index >= 15 is 0 Å². The van der Waals surface area contributed by atoms with Crippen LogP contribution in [-0.4, -0.2) is 31.7 Å². The maximum atomic E-state index is 5.64. The molecule has 1 aliphatic carbocycles. The van der Waals surface area contributed by atoms with Crippen LogP contribution in [0.2, 0.25) is 0 Å². The van der Waals surface area contributed by atoms with Crippen molar-refractivity contribution in [3.05, 3.63) is 52.6 Å². The van der Waals surface area contributed by atoms with E-state index in [1.807, 2.05) is 47.1 Å².